The van der Waals surface area contributed by atoms with Gasteiger partial charge in [0.05, 0.1) is 5.56 Å². The second kappa shape index (κ2) is 7.21. The Kier molecular flexibility index (Phi) is 5.26. The molecule has 2 aromatic carbocycles. The molecule has 0 radical (unpaired) electrons. The fraction of sp³-hybridized carbons (Fsp3) is 0.222. The van der Waals surface area contributed by atoms with Gasteiger partial charge in [0.15, 0.2) is 0 Å². The Morgan fingerprint density at radius 2 is 1.60 bits per heavy atom. The highest BCUT2D eigenvalue weighted by atomic mass is 19.1. The predicted octanol–water partition coefficient (Wildman–Crippen LogP) is 4.13. The molecular weight excluding hydrogens is 327 g/mol. The number of hydrogen-bond acceptors (Lipinski definition) is 4. The van der Waals surface area contributed by atoms with Gasteiger partial charge in [0.1, 0.15) is 17.2 Å². The van der Waals surface area contributed by atoms with Gasteiger partial charge in [0, 0.05) is 17.4 Å². The van der Waals surface area contributed by atoms with Crippen LogP contribution in [0.5, 0.6) is 5.75 Å². The molecule has 2 amide bonds. The van der Waals surface area contributed by atoms with Crippen molar-refractivity contribution >= 4 is 23.4 Å². The maximum Gasteiger partial charge on any atom is 0.412 e. The number of nitrogens with one attached hydrogen (secondary N) is 2. The average Bonchev–Trinajstić information content (AvgIpc) is 2.47. The summed E-state index contributed by atoms with van der Waals surface area (Å²) in [6.45, 7) is 5.19. The van der Waals surface area contributed by atoms with Gasteiger partial charge in [-0.15, -0.1) is 0 Å². The molecule has 0 saturated heterocycles. The van der Waals surface area contributed by atoms with Crippen molar-refractivity contribution in [1.29, 1.82) is 0 Å². The maximum atomic E-state index is 12.9. The Hall–Kier alpha value is -3.09. The van der Waals surface area contributed by atoms with Crippen LogP contribution in [0.2, 0.25) is 0 Å². The fourth-order valence-corrected chi connectivity index (χ4v) is 1.95. The summed E-state index contributed by atoms with van der Waals surface area (Å²) in [7, 11) is 0. The number of hydrogen-bond donors (Lipinski definition) is 3. The monoisotopic (exact) mass is 346 g/mol. The number of aromatic hydroxyl groups is 1. The van der Waals surface area contributed by atoms with Crippen LogP contribution in [0.1, 0.15) is 31.1 Å². The first-order valence-corrected chi connectivity index (χ1v) is 7.54. The summed E-state index contributed by atoms with van der Waals surface area (Å²) in [6, 6.07) is 9.30. The minimum atomic E-state index is -0.671. The van der Waals surface area contributed by atoms with Crippen LogP contribution in [-0.2, 0) is 4.74 Å². The number of ether oxygens (including phenoxy) is 1. The molecule has 0 aliphatic heterocycles. The van der Waals surface area contributed by atoms with Crippen LogP contribution in [0, 0.1) is 5.82 Å². The van der Waals surface area contributed by atoms with Crippen molar-refractivity contribution in [2.75, 3.05) is 10.6 Å². The largest absolute Gasteiger partial charge is 0.507 e. The third-order valence-corrected chi connectivity index (χ3v) is 2.99. The highest BCUT2D eigenvalue weighted by Gasteiger charge is 2.17. The van der Waals surface area contributed by atoms with Gasteiger partial charge in [-0.1, -0.05) is 0 Å². The predicted molar refractivity (Wildman–Crippen MR) is 92.3 cm³/mol. The highest BCUT2D eigenvalue weighted by Crippen LogP contribution is 2.24. The Labute approximate surface area is 144 Å². The van der Waals surface area contributed by atoms with Gasteiger partial charge in [-0.25, -0.2) is 9.18 Å². The van der Waals surface area contributed by atoms with E-state index in [0.717, 1.165) is 0 Å². The van der Waals surface area contributed by atoms with E-state index in [4.69, 9.17) is 4.74 Å². The highest BCUT2D eigenvalue weighted by molar-refractivity contribution is 6.06. The average molecular weight is 346 g/mol. The van der Waals surface area contributed by atoms with E-state index in [1.54, 1.807) is 20.8 Å². The molecule has 0 heterocycles. The molecule has 6 nitrogen and oxygen atoms in total. The third kappa shape index (κ3) is 5.49. The standard InChI is InChI=1S/C18H19FN2O4/c1-18(2,3)25-17(24)21-13-8-9-14(15(22)10-13)16(23)20-12-6-4-11(19)5-7-12/h4-10,22H,1-3H3,(H,20,23)(H,21,24). The lowest BCUT2D eigenvalue weighted by Gasteiger charge is -2.19. The van der Waals surface area contributed by atoms with E-state index >= 15 is 0 Å². The maximum absolute atomic E-state index is 12.9. The zero-order chi connectivity index (χ0) is 18.6. The molecule has 0 aliphatic rings. The van der Waals surface area contributed by atoms with Crippen molar-refractivity contribution in [2.45, 2.75) is 26.4 Å². The minimum Gasteiger partial charge on any atom is -0.507 e. The van der Waals surface area contributed by atoms with E-state index in [-0.39, 0.29) is 17.0 Å². The number of anilines is 2. The van der Waals surface area contributed by atoms with E-state index in [9.17, 15) is 19.1 Å². The SMILES string of the molecule is CC(C)(C)OC(=O)Nc1ccc(C(=O)Nc2ccc(F)cc2)c(O)c1. The molecule has 0 aliphatic carbocycles. The zero-order valence-corrected chi connectivity index (χ0v) is 14.1. The van der Waals surface area contributed by atoms with E-state index in [2.05, 4.69) is 10.6 Å². The van der Waals surface area contributed by atoms with Crippen LogP contribution >= 0.6 is 0 Å². The molecule has 0 atom stereocenters. The van der Waals surface area contributed by atoms with E-state index in [1.807, 2.05) is 0 Å². The first-order chi connectivity index (χ1) is 11.6. The van der Waals surface area contributed by atoms with Crippen LogP contribution in [0.3, 0.4) is 0 Å². The van der Waals surface area contributed by atoms with Crippen molar-refractivity contribution in [3.63, 3.8) is 0 Å². The molecule has 25 heavy (non-hydrogen) atoms. The number of halogens is 1. The number of phenolic OH excluding ortho intramolecular Hbond substituents is 1. The number of benzene rings is 2. The van der Waals surface area contributed by atoms with Crippen LogP contribution in [0.25, 0.3) is 0 Å². The summed E-state index contributed by atoms with van der Waals surface area (Å²) in [5, 5.41) is 15.0. The van der Waals surface area contributed by atoms with Gasteiger partial charge in [0.25, 0.3) is 5.91 Å². The molecule has 7 heteroatoms. The van der Waals surface area contributed by atoms with Gasteiger partial charge in [-0.2, -0.15) is 0 Å². The van der Waals surface area contributed by atoms with Gasteiger partial charge in [0.2, 0.25) is 0 Å². The van der Waals surface area contributed by atoms with Crippen molar-refractivity contribution in [3.05, 3.63) is 53.8 Å². The summed E-state index contributed by atoms with van der Waals surface area (Å²) < 4.78 is 18.0. The molecule has 2 aromatic rings. The lowest BCUT2D eigenvalue weighted by molar-refractivity contribution is 0.0636. The molecule has 0 saturated carbocycles. The van der Waals surface area contributed by atoms with Gasteiger partial charge < -0.3 is 15.2 Å². The summed E-state index contributed by atoms with van der Waals surface area (Å²) in [5.41, 5.74) is 0.0343. The van der Waals surface area contributed by atoms with Crippen molar-refractivity contribution < 1.29 is 23.8 Å². The Bertz CT molecular complexity index is 783. The second-order valence-electron chi connectivity index (χ2n) is 6.32. The summed E-state index contributed by atoms with van der Waals surface area (Å²) in [5.74, 6) is -1.29. The van der Waals surface area contributed by atoms with Crippen LogP contribution in [0.15, 0.2) is 42.5 Å². The number of carbonyl (C=O) groups is 2. The summed E-state index contributed by atoms with van der Waals surface area (Å²) in [4.78, 5) is 23.9. The number of amides is 2. The topological polar surface area (TPSA) is 87.7 Å². The second-order valence-corrected chi connectivity index (χ2v) is 6.32. The van der Waals surface area contributed by atoms with Crippen LogP contribution in [0.4, 0.5) is 20.6 Å². The van der Waals surface area contributed by atoms with Gasteiger partial charge in [-0.3, -0.25) is 10.1 Å². The smallest absolute Gasteiger partial charge is 0.412 e. The normalized spacial score (nSPS) is 10.9. The minimum absolute atomic E-state index is 0.0130. The lowest BCUT2D eigenvalue weighted by atomic mass is 10.1. The molecule has 3 N–H and O–H groups in total. The van der Waals surface area contributed by atoms with E-state index in [1.165, 1.54) is 42.5 Å². The van der Waals surface area contributed by atoms with Crippen LogP contribution in [-0.4, -0.2) is 22.7 Å². The Morgan fingerprint density at radius 3 is 2.16 bits per heavy atom. The number of phenols is 1. The molecule has 0 spiro atoms. The Morgan fingerprint density at radius 1 is 1.00 bits per heavy atom. The fourth-order valence-electron chi connectivity index (χ4n) is 1.95. The summed E-state index contributed by atoms with van der Waals surface area (Å²) in [6.07, 6.45) is -0.671. The molecule has 0 unspecified atom stereocenters. The van der Waals surface area contributed by atoms with Crippen molar-refractivity contribution in [1.82, 2.24) is 0 Å². The molecule has 0 fully saturated rings. The lowest BCUT2D eigenvalue weighted by Crippen LogP contribution is -2.27. The van der Waals surface area contributed by atoms with Crippen LogP contribution < -0.4 is 10.6 Å². The summed E-state index contributed by atoms with van der Waals surface area (Å²) >= 11 is 0. The first kappa shape index (κ1) is 18.3. The Balaban J connectivity index is 2.07. The molecule has 0 aromatic heterocycles. The number of carbonyl (C=O) groups excluding carboxylic acids is 2. The zero-order valence-electron chi connectivity index (χ0n) is 14.1. The quantitative estimate of drug-likeness (QED) is 0.780. The van der Waals surface area contributed by atoms with E-state index in [0.29, 0.717) is 5.69 Å². The third-order valence-electron chi connectivity index (χ3n) is 2.99. The van der Waals surface area contributed by atoms with Gasteiger partial charge in [-0.05, 0) is 57.2 Å². The molecule has 2 rings (SSSR count). The first-order valence-electron chi connectivity index (χ1n) is 7.54. The number of rotatable bonds is 3. The van der Waals surface area contributed by atoms with E-state index < -0.39 is 23.4 Å². The van der Waals surface area contributed by atoms with Gasteiger partial charge >= 0.3 is 6.09 Å². The van der Waals surface area contributed by atoms with Crippen molar-refractivity contribution in [2.24, 2.45) is 0 Å². The van der Waals surface area contributed by atoms with Crippen molar-refractivity contribution in [3.8, 4) is 5.75 Å². The molecule has 132 valence electrons. The molecule has 0 bridgehead atoms. The molecular formula is C18H19FN2O4.